The van der Waals surface area contributed by atoms with Gasteiger partial charge >= 0.3 is 11.9 Å². The van der Waals surface area contributed by atoms with Crippen LogP contribution in [0.5, 0.6) is 0 Å². The first-order valence-corrected chi connectivity index (χ1v) is 23.7. The topological polar surface area (TPSA) is 76.1 Å². The van der Waals surface area contributed by atoms with Gasteiger partial charge in [0.05, 0.1) is 18.6 Å². The molecule has 322 valence electrons. The molecule has 0 bridgehead atoms. The maximum absolute atomic E-state index is 13.2. The summed E-state index contributed by atoms with van der Waals surface area (Å²) in [7, 11) is 0. The van der Waals surface area contributed by atoms with Crippen LogP contribution in [-0.2, 0) is 19.1 Å². The molecule has 0 aliphatic rings. The quantitative estimate of drug-likeness (QED) is 0.0493. The maximum Gasteiger partial charge on any atom is 0.311 e. The van der Waals surface area contributed by atoms with Crippen LogP contribution >= 0.6 is 0 Å². The highest BCUT2D eigenvalue weighted by Gasteiger charge is 2.29. The molecule has 0 saturated carbocycles. The predicted molar refractivity (Wildman–Crippen MR) is 232 cm³/mol. The lowest BCUT2D eigenvalue weighted by Crippen LogP contribution is -2.31. The van der Waals surface area contributed by atoms with E-state index in [-0.39, 0.29) is 24.0 Å². The lowest BCUT2D eigenvalue weighted by Gasteiger charge is -2.29. The highest BCUT2D eigenvalue weighted by molar-refractivity contribution is 5.75. The third kappa shape index (κ3) is 33.0. The summed E-state index contributed by atoms with van der Waals surface area (Å²) in [6, 6.07) is 0. The van der Waals surface area contributed by atoms with E-state index >= 15 is 0 Å². The Bertz CT molecular complexity index is 829. The van der Waals surface area contributed by atoms with Crippen LogP contribution in [-0.4, -0.2) is 61.4 Å². The molecule has 0 aromatic heterocycles. The highest BCUT2D eigenvalue weighted by Crippen LogP contribution is 2.29. The first-order valence-electron chi connectivity index (χ1n) is 23.7. The second-order valence-corrected chi connectivity index (χ2v) is 18.3. The van der Waals surface area contributed by atoms with Crippen molar-refractivity contribution in [1.82, 2.24) is 4.90 Å². The van der Waals surface area contributed by atoms with Gasteiger partial charge < -0.3 is 19.5 Å². The number of nitrogens with zero attached hydrogens (tertiary/aromatic N) is 1. The Kier molecular flexibility index (Phi) is 35.5. The van der Waals surface area contributed by atoms with Crippen molar-refractivity contribution in [3.8, 4) is 0 Å². The molecule has 0 saturated heterocycles. The van der Waals surface area contributed by atoms with E-state index in [1.807, 2.05) is 0 Å². The molecule has 6 heteroatoms. The molecule has 0 rings (SSSR count). The zero-order valence-electron chi connectivity index (χ0n) is 37.6. The Morgan fingerprint density at radius 2 is 1.04 bits per heavy atom. The molecule has 0 heterocycles. The first kappa shape index (κ1) is 52.9. The molecule has 0 radical (unpaired) electrons. The van der Waals surface area contributed by atoms with Crippen molar-refractivity contribution in [1.29, 1.82) is 0 Å². The third-order valence-corrected chi connectivity index (χ3v) is 11.7. The van der Waals surface area contributed by atoms with Gasteiger partial charge in [-0.2, -0.15) is 0 Å². The van der Waals surface area contributed by atoms with Crippen molar-refractivity contribution >= 4 is 11.9 Å². The number of rotatable bonds is 41. The fourth-order valence-corrected chi connectivity index (χ4v) is 7.54. The first-order chi connectivity index (χ1) is 26.0. The third-order valence-electron chi connectivity index (χ3n) is 11.7. The van der Waals surface area contributed by atoms with Gasteiger partial charge in [-0.3, -0.25) is 9.59 Å². The van der Waals surface area contributed by atoms with Crippen LogP contribution in [0.2, 0.25) is 0 Å². The molecule has 6 nitrogen and oxygen atoms in total. The van der Waals surface area contributed by atoms with E-state index in [2.05, 4.69) is 53.4 Å². The molecule has 0 atom stereocenters. The fourth-order valence-electron chi connectivity index (χ4n) is 7.54. The lowest BCUT2D eigenvalue weighted by atomic mass is 9.83. The molecular weight excluding hydrogens is 671 g/mol. The summed E-state index contributed by atoms with van der Waals surface area (Å²) in [6.45, 7) is 20.1. The number of ether oxygens (including phenoxy) is 2. The van der Waals surface area contributed by atoms with Crippen LogP contribution in [0, 0.1) is 16.7 Å². The van der Waals surface area contributed by atoms with Crippen LogP contribution in [0.25, 0.3) is 0 Å². The average Bonchev–Trinajstić information content (AvgIpc) is 3.14. The van der Waals surface area contributed by atoms with Gasteiger partial charge in [0.1, 0.15) is 0 Å². The predicted octanol–water partition coefficient (Wildman–Crippen LogP) is 13.8. The van der Waals surface area contributed by atoms with Crippen molar-refractivity contribution in [3.05, 3.63) is 0 Å². The second kappa shape index (κ2) is 36.2. The van der Waals surface area contributed by atoms with Gasteiger partial charge in [0.25, 0.3) is 0 Å². The number of aliphatic hydroxyl groups excluding tert-OH is 1. The number of hydrogen-bond donors (Lipinski definition) is 1. The van der Waals surface area contributed by atoms with Gasteiger partial charge in [-0.05, 0) is 102 Å². The minimum absolute atomic E-state index is 0.0120. The molecule has 0 aliphatic heterocycles. The SMILES string of the molecule is CCCCCCCCCC(=O)OCCCCC(C)(C)CCN(CCCO)CCCCCCC(C)(C)C(=O)OCC(CCCCCCC)CCCCCCC. The number of hydrogen-bond acceptors (Lipinski definition) is 6. The maximum atomic E-state index is 13.2. The molecule has 54 heavy (non-hydrogen) atoms. The van der Waals surface area contributed by atoms with E-state index in [1.54, 1.807) is 0 Å². The number of unbranched alkanes of at least 4 members (excludes halogenated alkanes) is 18. The smallest absolute Gasteiger partial charge is 0.311 e. The number of carbonyl (C=O) groups excluding carboxylic acids is 2. The summed E-state index contributed by atoms with van der Waals surface area (Å²) in [4.78, 5) is 27.8. The van der Waals surface area contributed by atoms with E-state index in [9.17, 15) is 14.7 Å². The zero-order chi connectivity index (χ0) is 40.2. The van der Waals surface area contributed by atoms with Crippen LogP contribution in [0.1, 0.15) is 241 Å². The van der Waals surface area contributed by atoms with Crippen molar-refractivity contribution < 1.29 is 24.2 Å². The van der Waals surface area contributed by atoms with E-state index in [4.69, 9.17) is 9.47 Å². The van der Waals surface area contributed by atoms with E-state index in [0.717, 1.165) is 90.3 Å². The van der Waals surface area contributed by atoms with Gasteiger partial charge in [-0.15, -0.1) is 0 Å². The lowest BCUT2D eigenvalue weighted by molar-refractivity contribution is -0.156. The molecule has 0 unspecified atom stereocenters. The van der Waals surface area contributed by atoms with Crippen LogP contribution < -0.4 is 0 Å². The number of carbonyl (C=O) groups is 2. The summed E-state index contributed by atoms with van der Waals surface area (Å²) in [6.07, 6.45) is 34.9. The zero-order valence-corrected chi connectivity index (χ0v) is 37.6. The Morgan fingerprint density at radius 3 is 1.63 bits per heavy atom. The Hall–Kier alpha value is -1.14. The van der Waals surface area contributed by atoms with Crippen LogP contribution in [0.3, 0.4) is 0 Å². The Labute approximate surface area is 337 Å². The van der Waals surface area contributed by atoms with Crippen molar-refractivity contribution in [2.24, 2.45) is 16.7 Å². The van der Waals surface area contributed by atoms with Crippen molar-refractivity contribution in [2.45, 2.75) is 241 Å². The summed E-state index contributed by atoms with van der Waals surface area (Å²) >= 11 is 0. The second-order valence-electron chi connectivity index (χ2n) is 18.3. The molecular formula is C48H95NO5. The van der Waals surface area contributed by atoms with Gasteiger partial charge in [0, 0.05) is 19.6 Å². The average molecular weight is 766 g/mol. The number of esters is 2. The standard InChI is InChI=1S/C48H95NO5/c1-8-11-14-17-18-21-26-34-45(51)53-42-30-28-35-47(4,5)37-40-49(39-31-41-50)38-29-23-22-27-36-48(6,7)46(52)54-43-44(32-24-19-15-12-9-2)33-25-20-16-13-10-3/h44,50H,8-43H2,1-7H3. The molecule has 0 fully saturated rings. The largest absolute Gasteiger partial charge is 0.466 e. The summed E-state index contributed by atoms with van der Waals surface area (Å²) < 4.78 is 11.5. The van der Waals surface area contributed by atoms with E-state index in [0.29, 0.717) is 25.6 Å². The van der Waals surface area contributed by atoms with E-state index < -0.39 is 5.41 Å². The highest BCUT2D eigenvalue weighted by atomic mass is 16.5. The fraction of sp³-hybridized carbons (Fsp3) is 0.958. The van der Waals surface area contributed by atoms with E-state index in [1.165, 1.54) is 116 Å². The molecule has 0 aliphatic carbocycles. The summed E-state index contributed by atoms with van der Waals surface area (Å²) in [5.74, 6) is 0.467. The molecule has 0 amide bonds. The van der Waals surface area contributed by atoms with Gasteiger partial charge in [0.2, 0.25) is 0 Å². The minimum atomic E-state index is -0.430. The van der Waals surface area contributed by atoms with Crippen LogP contribution in [0.4, 0.5) is 0 Å². The van der Waals surface area contributed by atoms with Gasteiger partial charge in [-0.25, -0.2) is 0 Å². The molecule has 0 aromatic carbocycles. The van der Waals surface area contributed by atoms with Gasteiger partial charge in [0.15, 0.2) is 0 Å². The molecule has 0 aromatic rings. The molecule has 1 N–H and O–H groups in total. The molecule has 0 spiro atoms. The van der Waals surface area contributed by atoms with Crippen molar-refractivity contribution in [3.63, 3.8) is 0 Å². The summed E-state index contributed by atoms with van der Waals surface area (Å²) in [5.41, 5.74) is -0.191. The van der Waals surface area contributed by atoms with Crippen molar-refractivity contribution in [2.75, 3.05) is 39.5 Å². The summed E-state index contributed by atoms with van der Waals surface area (Å²) in [5, 5.41) is 9.51. The Morgan fingerprint density at radius 1 is 0.537 bits per heavy atom. The minimum Gasteiger partial charge on any atom is -0.466 e. The Balaban J connectivity index is 4.38. The van der Waals surface area contributed by atoms with Crippen LogP contribution in [0.15, 0.2) is 0 Å². The van der Waals surface area contributed by atoms with Gasteiger partial charge in [-0.1, -0.05) is 157 Å². The normalized spacial score (nSPS) is 12.3. The monoisotopic (exact) mass is 766 g/mol. The number of aliphatic hydroxyl groups is 1.